The number of fused-ring (bicyclic) bond motifs is 1. The second-order valence-corrected chi connectivity index (χ2v) is 6.14. The van der Waals surface area contributed by atoms with Crippen LogP contribution in [-0.2, 0) is 7.05 Å². The summed E-state index contributed by atoms with van der Waals surface area (Å²) in [4.78, 5) is 4.60. The van der Waals surface area contributed by atoms with Crippen molar-refractivity contribution in [3.63, 3.8) is 0 Å². The lowest BCUT2D eigenvalue weighted by Gasteiger charge is -2.06. The van der Waals surface area contributed by atoms with Crippen molar-refractivity contribution in [1.82, 2.24) is 9.55 Å². The maximum absolute atomic E-state index is 9.64. The molecule has 130 valence electrons. The molecule has 0 radical (unpaired) electrons. The van der Waals surface area contributed by atoms with E-state index in [-0.39, 0.29) is 0 Å². The molecule has 1 heterocycles. The first kappa shape index (κ1) is 16.6. The molecule has 4 aromatic rings. The zero-order chi connectivity index (χ0) is 18.6. The first-order valence-corrected chi connectivity index (χ1v) is 8.61. The zero-order valence-corrected chi connectivity index (χ0v) is 14.8. The van der Waals surface area contributed by atoms with Crippen molar-refractivity contribution in [1.29, 1.82) is 5.26 Å². The van der Waals surface area contributed by atoms with E-state index < -0.39 is 0 Å². The van der Waals surface area contributed by atoms with Gasteiger partial charge in [-0.25, -0.2) is 4.98 Å². The molecule has 0 atom stereocenters. The molecule has 4 heteroatoms. The van der Waals surface area contributed by atoms with Crippen LogP contribution >= 0.6 is 0 Å². The number of aromatic nitrogens is 2. The molecule has 0 fully saturated rings. The third-order valence-corrected chi connectivity index (χ3v) is 4.32. The molecular formula is C23H17N3O. The van der Waals surface area contributed by atoms with Crippen LogP contribution in [0.3, 0.4) is 0 Å². The molecular weight excluding hydrogens is 334 g/mol. The topological polar surface area (TPSA) is 50.8 Å². The van der Waals surface area contributed by atoms with Gasteiger partial charge in [0.05, 0.1) is 16.6 Å². The molecule has 0 unspecified atom stereocenters. The highest BCUT2D eigenvalue weighted by atomic mass is 16.5. The van der Waals surface area contributed by atoms with Gasteiger partial charge in [0, 0.05) is 7.05 Å². The van der Waals surface area contributed by atoms with Gasteiger partial charge in [0.2, 0.25) is 0 Å². The third kappa shape index (κ3) is 3.44. The number of benzene rings is 3. The van der Waals surface area contributed by atoms with Gasteiger partial charge in [-0.05, 0) is 48.0 Å². The van der Waals surface area contributed by atoms with E-state index in [0.29, 0.717) is 11.4 Å². The van der Waals surface area contributed by atoms with E-state index in [1.807, 2.05) is 96.6 Å². The van der Waals surface area contributed by atoms with Crippen LogP contribution in [0, 0.1) is 11.3 Å². The minimum absolute atomic E-state index is 0.519. The summed E-state index contributed by atoms with van der Waals surface area (Å²) in [6.45, 7) is 0. The highest BCUT2D eigenvalue weighted by Crippen LogP contribution is 2.24. The minimum atomic E-state index is 0.519. The molecule has 27 heavy (non-hydrogen) atoms. The highest BCUT2D eigenvalue weighted by molar-refractivity contribution is 5.90. The standard InChI is InChI=1S/C23H17N3O/c1-26-22-10-6-5-9-21(22)25-23(26)18(16-24)15-17-11-13-20(14-12-17)27-19-7-3-2-4-8-19/h2-15H,1H3/b18-15+. The van der Waals surface area contributed by atoms with E-state index >= 15 is 0 Å². The maximum atomic E-state index is 9.64. The van der Waals surface area contributed by atoms with Gasteiger partial charge in [-0.15, -0.1) is 0 Å². The average molecular weight is 351 g/mol. The average Bonchev–Trinajstić information content (AvgIpc) is 3.05. The summed E-state index contributed by atoms with van der Waals surface area (Å²) >= 11 is 0. The van der Waals surface area contributed by atoms with Crippen molar-refractivity contribution >= 4 is 22.7 Å². The van der Waals surface area contributed by atoms with E-state index in [0.717, 1.165) is 28.1 Å². The number of nitrogens with zero attached hydrogens (tertiary/aromatic N) is 3. The minimum Gasteiger partial charge on any atom is -0.457 e. The Morgan fingerprint density at radius 1 is 0.926 bits per heavy atom. The SMILES string of the molecule is Cn1c(/C(C#N)=C/c2ccc(Oc3ccccc3)cc2)nc2ccccc21. The van der Waals surface area contributed by atoms with E-state index in [1.54, 1.807) is 0 Å². The Morgan fingerprint density at radius 3 is 2.30 bits per heavy atom. The van der Waals surface area contributed by atoms with Crippen LogP contribution in [0.4, 0.5) is 0 Å². The fraction of sp³-hybridized carbons (Fsp3) is 0.0435. The van der Waals surface area contributed by atoms with Gasteiger partial charge in [-0.3, -0.25) is 0 Å². The van der Waals surface area contributed by atoms with Gasteiger partial charge in [0.1, 0.15) is 17.6 Å². The van der Waals surface area contributed by atoms with Crippen LogP contribution in [0.2, 0.25) is 0 Å². The van der Waals surface area contributed by atoms with Crippen LogP contribution < -0.4 is 4.74 Å². The van der Waals surface area contributed by atoms with E-state index in [9.17, 15) is 5.26 Å². The predicted octanol–water partition coefficient (Wildman–Crippen LogP) is 5.43. The molecule has 0 aliphatic rings. The van der Waals surface area contributed by atoms with Crippen molar-refractivity contribution in [3.8, 4) is 17.6 Å². The molecule has 0 amide bonds. The number of imidazole rings is 1. The van der Waals surface area contributed by atoms with Crippen LogP contribution in [0.1, 0.15) is 11.4 Å². The van der Waals surface area contributed by atoms with Gasteiger partial charge in [0.15, 0.2) is 5.82 Å². The Labute approximate surface area is 157 Å². The first-order chi connectivity index (χ1) is 13.2. The lowest BCUT2D eigenvalue weighted by atomic mass is 10.1. The molecule has 1 aromatic heterocycles. The lowest BCUT2D eigenvalue weighted by Crippen LogP contribution is -1.96. The Kier molecular flexibility index (Phi) is 4.42. The number of nitriles is 1. The molecule has 0 saturated carbocycles. The van der Waals surface area contributed by atoms with Gasteiger partial charge in [0.25, 0.3) is 0 Å². The smallest absolute Gasteiger partial charge is 0.151 e. The summed E-state index contributed by atoms with van der Waals surface area (Å²) in [6.07, 6.45) is 1.84. The fourth-order valence-corrected chi connectivity index (χ4v) is 2.96. The Morgan fingerprint density at radius 2 is 1.59 bits per heavy atom. The second-order valence-electron chi connectivity index (χ2n) is 6.14. The number of ether oxygens (including phenoxy) is 1. The summed E-state index contributed by atoms with van der Waals surface area (Å²) in [5.41, 5.74) is 3.31. The van der Waals surface area contributed by atoms with Crippen LogP contribution in [0.15, 0.2) is 78.9 Å². The van der Waals surface area contributed by atoms with Crippen LogP contribution in [0.5, 0.6) is 11.5 Å². The quantitative estimate of drug-likeness (QED) is 0.461. The third-order valence-electron chi connectivity index (χ3n) is 4.32. The fourth-order valence-electron chi connectivity index (χ4n) is 2.96. The number of hydrogen-bond donors (Lipinski definition) is 0. The van der Waals surface area contributed by atoms with Gasteiger partial charge >= 0.3 is 0 Å². The number of allylic oxidation sites excluding steroid dienone is 1. The number of hydrogen-bond acceptors (Lipinski definition) is 3. The number of aryl methyl sites for hydroxylation is 1. The zero-order valence-electron chi connectivity index (χ0n) is 14.8. The molecule has 0 aliphatic carbocycles. The largest absolute Gasteiger partial charge is 0.457 e. The Bertz CT molecular complexity index is 1150. The van der Waals surface area contributed by atoms with E-state index in [2.05, 4.69) is 11.1 Å². The summed E-state index contributed by atoms with van der Waals surface area (Å²) in [6, 6.07) is 27.4. The highest BCUT2D eigenvalue weighted by Gasteiger charge is 2.11. The molecule has 0 bridgehead atoms. The summed E-state index contributed by atoms with van der Waals surface area (Å²) < 4.78 is 7.75. The van der Waals surface area contributed by atoms with Crippen LogP contribution in [0.25, 0.3) is 22.7 Å². The van der Waals surface area contributed by atoms with Crippen molar-refractivity contribution < 1.29 is 4.74 Å². The van der Waals surface area contributed by atoms with Gasteiger partial charge < -0.3 is 9.30 Å². The Balaban J connectivity index is 1.63. The molecule has 0 N–H and O–H groups in total. The molecule has 0 aliphatic heterocycles. The summed E-state index contributed by atoms with van der Waals surface area (Å²) in [7, 11) is 1.92. The second kappa shape index (κ2) is 7.19. The normalized spacial score (nSPS) is 11.3. The van der Waals surface area contributed by atoms with Gasteiger partial charge in [-0.2, -0.15) is 5.26 Å². The van der Waals surface area contributed by atoms with Crippen molar-refractivity contribution in [2.45, 2.75) is 0 Å². The maximum Gasteiger partial charge on any atom is 0.151 e. The van der Waals surface area contributed by atoms with Gasteiger partial charge in [-0.1, -0.05) is 42.5 Å². The summed E-state index contributed by atoms with van der Waals surface area (Å²) in [5.74, 6) is 2.20. The number of rotatable bonds is 4. The molecule has 0 saturated heterocycles. The van der Waals surface area contributed by atoms with Crippen molar-refractivity contribution in [2.24, 2.45) is 7.05 Å². The lowest BCUT2D eigenvalue weighted by molar-refractivity contribution is 0.482. The molecule has 4 rings (SSSR count). The molecule has 4 nitrogen and oxygen atoms in total. The van der Waals surface area contributed by atoms with E-state index in [1.165, 1.54) is 0 Å². The summed E-state index contributed by atoms with van der Waals surface area (Å²) in [5, 5.41) is 9.64. The molecule has 0 spiro atoms. The van der Waals surface area contributed by atoms with Crippen molar-refractivity contribution in [3.05, 3.63) is 90.3 Å². The van der Waals surface area contributed by atoms with E-state index in [4.69, 9.17) is 4.74 Å². The van der Waals surface area contributed by atoms with Crippen molar-refractivity contribution in [2.75, 3.05) is 0 Å². The Hall–Kier alpha value is -3.84. The molecule has 3 aromatic carbocycles. The number of para-hydroxylation sites is 3. The predicted molar refractivity (Wildman–Crippen MR) is 107 cm³/mol. The monoisotopic (exact) mass is 351 g/mol. The first-order valence-electron chi connectivity index (χ1n) is 8.61. The van der Waals surface area contributed by atoms with Crippen LogP contribution in [-0.4, -0.2) is 9.55 Å².